The molecule has 0 atom stereocenters. The van der Waals surface area contributed by atoms with Crippen LogP contribution in [0.25, 0.3) is 0 Å². The number of aromatic nitrogens is 1. The Morgan fingerprint density at radius 2 is 1.30 bits per heavy atom. The van der Waals surface area contributed by atoms with E-state index >= 15 is 0 Å². The largest absolute Gasteiger partial charge is 0.461 e. The molecule has 0 saturated carbocycles. The van der Waals surface area contributed by atoms with E-state index in [1.807, 2.05) is 54.6 Å². The smallest absolute Gasteiger partial charge is 0.362 e. The Balaban J connectivity index is 2.14. The number of thiazole rings is 1. The van der Waals surface area contributed by atoms with E-state index in [0.717, 1.165) is 20.5 Å². The lowest BCUT2D eigenvalue weighted by Gasteiger charge is -2.26. The Bertz CT molecular complexity index is 1040. The van der Waals surface area contributed by atoms with Crippen LogP contribution in [0.1, 0.15) is 17.4 Å². The van der Waals surface area contributed by atoms with Gasteiger partial charge in [0.05, 0.1) is 6.61 Å². The molecule has 0 unspecified atom stereocenters. The van der Waals surface area contributed by atoms with Crippen molar-refractivity contribution in [3.8, 4) is 0 Å². The van der Waals surface area contributed by atoms with E-state index in [-0.39, 0.29) is 6.61 Å². The number of rotatable bonds is 6. The van der Waals surface area contributed by atoms with Crippen molar-refractivity contribution in [1.82, 2.24) is 4.98 Å². The number of esters is 1. The van der Waals surface area contributed by atoms with Gasteiger partial charge in [-0.15, -0.1) is 0 Å². The molecule has 0 spiro atoms. The fourth-order valence-corrected chi connectivity index (χ4v) is 9.89. The van der Waals surface area contributed by atoms with E-state index in [9.17, 15) is 4.79 Å². The SMILES string of the molecule is CCOC(=O)c1nc(N)sc1[P+](c1ccccc1)(c1ccccc1)c1ccccc1. The summed E-state index contributed by atoms with van der Waals surface area (Å²) in [6.45, 7) is 2.07. The maximum atomic E-state index is 12.9. The predicted octanol–water partition coefficient (Wildman–Crippen LogP) is 3.52. The summed E-state index contributed by atoms with van der Waals surface area (Å²) in [5.74, 6) is -0.437. The molecule has 6 heteroatoms. The van der Waals surface area contributed by atoms with Gasteiger partial charge in [-0.05, 0) is 43.3 Å². The number of hydrogen-bond acceptors (Lipinski definition) is 5. The van der Waals surface area contributed by atoms with Crippen LogP contribution in [0.4, 0.5) is 5.13 Å². The molecule has 4 nitrogen and oxygen atoms in total. The summed E-state index contributed by atoms with van der Waals surface area (Å²) in [5.41, 5.74) is 6.47. The van der Waals surface area contributed by atoms with Gasteiger partial charge in [0.2, 0.25) is 5.69 Å². The van der Waals surface area contributed by atoms with Gasteiger partial charge in [0.15, 0.2) is 17.0 Å². The topological polar surface area (TPSA) is 65.2 Å². The van der Waals surface area contributed by atoms with E-state index in [4.69, 9.17) is 10.5 Å². The van der Waals surface area contributed by atoms with E-state index in [1.165, 1.54) is 11.3 Å². The molecule has 0 aliphatic heterocycles. The van der Waals surface area contributed by atoms with Crippen LogP contribution in [0.3, 0.4) is 0 Å². The molecule has 0 bridgehead atoms. The van der Waals surface area contributed by atoms with Gasteiger partial charge in [0.25, 0.3) is 0 Å². The Labute approximate surface area is 180 Å². The Morgan fingerprint density at radius 3 is 1.70 bits per heavy atom. The summed E-state index contributed by atoms with van der Waals surface area (Å²) in [5, 5.41) is 3.77. The van der Waals surface area contributed by atoms with Crippen LogP contribution in [-0.4, -0.2) is 17.6 Å². The molecule has 1 aromatic heterocycles. The van der Waals surface area contributed by atoms with Gasteiger partial charge in [-0.1, -0.05) is 65.9 Å². The second-order valence-electron chi connectivity index (χ2n) is 6.60. The van der Waals surface area contributed by atoms with Crippen LogP contribution in [0.15, 0.2) is 91.0 Å². The fourth-order valence-electron chi connectivity index (χ4n) is 3.64. The second-order valence-corrected chi connectivity index (χ2v) is 11.3. The minimum atomic E-state index is -2.42. The van der Waals surface area contributed by atoms with Crippen molar-refractivity contribution >= 4 is 50.2 Å². The summed E-state index contributed by atoms with van der Waals surface area (Å²) in [4.78, 5) is 17.3. The zero-order valence-electron chi connectivity index (χ0n) is 16.6. The lowest BCUT2D eigenvalue weighted by Crippen LogP contribution is -2.39. The second kappa shape index (κ2) is 8.78. The van der Waals surface area contributed by atoms with Crippen molar-refractivity contribution in [1.29, 1.82) is 0 Å². The minimum absolute atomic E-state index is 0.281. The van der Waals surface area contributed by atoms with Crippen LogP contribution < -0.4 is 26.3 Å². The highest BCUT2D eigenvalue weighted by Crippen LogP contribution is 2.56. The standard InChI is InChI=1S/C24H22N2O2PS/c1-2-28-22(27)21-23(30-24(25)26-21)29(18-12-6-3-7-13-18,19-14-8-4-9-15-19)20-16-10-5-11-17-20/h3-17H,2H2,1H3,(H2,25,26)/q+1. The molecule has 150 valence electrons. The van der Waals surface area contributed by atoms with Gasteiger partial charge < -0.3 is 10.5 Å². The highest BCUT2D eigenvalue weighted by atomic mass is 32.1. The molecule has 0 radical (unpaired) electrons. The molecule has 0 aliphatic rings. The van der Waals surface area contributed by atoms with E-state index < -0.39 is 13.2 Å². The Hall–Kier alpha value is -3.01. The molecule has 2 N–H and O–H groups in total. The Morgan fingerprint density at radius 1 is 0.867 bits per heavy atom. The number of carbonyl (C=O) groups excluding carboxylic acids is 1. The van der Waals surface area contributed by atoms with Crippen molar-refractivity contribution < 1.29 is 9.53 Å². The monoisotopic (exact) mass is 433 g/mol. The molecule has 1 heterocycles. The summed E-state index contributed by atoms with van der Waals surface area (Å²) >= 11 is 1.38. The zero-order chi connectivity index (χ0) is 21.0. The van der Waals surface area contributed by atoms with Crippen molar-refractivity contribution in [3.05, 3.63) is 96.7 Å². The molecule has 4 rings (SSSR count). The number of anilines is 1. The van der Waals surface area contributed by atoms with Gasteiger partial charge in [-0.25, -0.2) is 9.78 Å². The molecular formula is C24H22N2O2PS+. The van der Waals surface area contributed by atoms with Gasteiger partial charge in [0, 0.05) is 0 Å². The normalized spacial score (nSPS) is 11.2. The van der Waals surface area contributed by atoms with Gasteiger partial charge in [0.1, 0.15) is 15.9 Å². The third-order valence-corrected chi connectivity index (χ3v) is 10.7. The number of carbonyl (C=O) groups is 1. The van der Waals surface area contributed by atoms with E-state index in [0.29, 0.717) is 10.8 Å². The van der Waals surface area contributed by atoms with Crippen molar-refractivity contribution in [2.75, 3.05) is 12.3 Å². The number of ether oxygens (including phenoxy) is 1. The third kappa shape index (κ3) is 3.51. The molecule has 30 heavy (non-hydrogen) atoms. The summed E-state index contributed by atoms with van der Waals surface area (Å²) < 4.78 is 6.22. The predicted molar refractivity (Wildman–Crippen MR) is 127 cm³/mol. The molecule has 0 aliphatic carbocycles. The average Bonchev–Trinajstić information content (AvgIpc) is 3.19. The number of nitrogens with two attached hydrogens (primary N) is 1. The van der Waals surface area contributed by atoms with Gasteiger partial charge in [-0.3, -0.25) is 0 Å². The van der Waals surface area contributed by atoms with Crippen LogP contribution in [0.2, 0.25) is 0 Å². The summed E-state index contributed by atoms with van der Waals surface area (Å²) in [6, 6.07) is 30.9. The highest BCUT2D eigenvalue weighted by molar-refractivity contribution is 8.04. The van der Waals surface area contributed by atoms with E-state index in [1.54, 1.807) is 6.92 Å². The maximum Gasteiger partial charge on any atom is 0.362 e. The van der Waals surface area contributed by atoms with Gasteiger partial charge in [-0.2, -0.15) is 0 Å². The number of hydrogen-bond donors (Lipinski definition) is 1. The first-order chi connectivity index (χ1) is 14.7. The molecule has 0 saturated heterocycles. The lowest BCUT2D eigenvalue weighted by molar-refractivity contribution is 0.0522. The first kappa shape index (κ1) is 20.3. The highest BCUT2D eigenvalue weighted by Gasteiger charge is 2.52. The summed E-state index contributed by atoms with van der Waals surface area (Å²) in [6.07, 6.45) is 0. The van der Waals surface area contributed by atoms with Crippen LogP contribution in [0, 0.1) is 0 Å². The maximum absolute atomic E-state index is 12.9. The molecule has 0 amide bonds. The van der Waals surface area contributed by atoms with Gasteiger partial charge >= 0.3 is 5.97 Å². The minimum Gasteiger partial charge on any atom is -0.461 e. The van der Waals surface area contributed by atoms with Crippen LogP contribution >= 0.6 is 18.6 Å². The Kier molecular flexibility index (Phi) is 5.93. The lowest BCUT2D eigenvalue weighted by atomic mass is 10.4. The number of nitrogen functional groups attached to an aromatic ring is 1. The van der Waals surface area contributed by atoms with Crippen LogP contribution in [-0.2, 0) is 4.74 Å². The average molecular weight is 433 g/mol. The fraction of sp³-hybridized carbons (Fsp3) is 0.0833. The van der Waals surface area contributed by atoms with Crippen LogP contribution in [0.5, 0.6) is 0 Å². The first-order valence-corrected chi connectivity index (χ1v) is 12.3. The number of nitrogens with zero attached hydrogens (tertiary/aromatic N) is 1. The number of benzene rings is 3. The van der Waals surface area contributed by atoms with Crippen molar-refractivity contribution in [3.63, 3.8) is 0 Å². The quantitative estimate of drug-likeness (QED) is 0.373. The molecule has 3 aromatic carbocycles. The molecule has 4 aromatic rings. The third-order valence-electron chi connectivity index (χ3n) is 4.83. The van der Waals surface area contributed by atoms with Crippen molar-refractivity contribution in [2.24, 2.45) is 0 Å². The van der Waals surface area contributed by atoms with E-state index in [2.05, 4.69) is 41.4 Å². The molecular weight excluding hydrogens is 411 g/mol. The van der Waals surface area contributed by atoms with Crippen molar-refractivity contribution in [2.45, 2.75) is 6.92 Å². The zero-order valence-corrected chi connectivity index (χ0v) is 18.3. The summed E-state index contributed by atoms with van der Waals surface area (Å²) in [7, 11) is -2.42. The molecule has 0 fully saturated rings. The first-order valence-electron chi connectivity index (χ1n) is 9.67.